The van der Waals surface area contributed by atoms with Gasteiger partial charge in [-0.15, -0.1) is 0 Å². The largest absolute Gasteiger partial charge is 1.00 e. The van der Waals surface area contributed by atoms with Gasteiger partial charge < -0.3 is 71.2 Å². The minimum Gasteiger partial charge on any atom is -0.744 e. The average Bonchev–Trinajstić information content (AvgIpc) is 3.37. The molecular formula is C54H72N18Na2O8S2. The maximum Gasteiger partial charge on any atom is 1.00 e. The standard InChI is InChI=1S/C54H74N18O8S2.2Na/c1-69(2)31-9-27-55-47(73)39-17-21-41(22-18-39)59-51-63-49(57-29-11-33-71(5)6)65-53(67-51)61-43-25-15-37(45(35-43)81(75,76)77)13-14-38-16-26-44(36-46(38)82(78,79)80)62-54-66-50(58-30-12-34-72(7)8)64-52(68-54)60-42-23-19-40(20-24-42)48(74)56-28-10-32-70(3)4;;/h13-26,35-36H,9-12,27-34H2,1-8H3,(H,55,73)(H,56,74)(H,75,76,77)(H,78,79,80)(H3,57,59,61,63,65,67)(H3,58,60,62,64,66,68);;/q;2*+1/p-2/b14-13+;;. The molecule has 26 nitrogen and oxygen atoms in total. The van der Waals surface area contributed by atoms with E-state index in [1.165, 1.54) is 36.4 Å². The minimum atomic E-state index is -5.17. The second-order valence-corrected chi connectivity index (χ2v) is 22.7. The van der Waals surface area contributed by atoms with E-state index in [-0.39, 0.29) is 129 Å². The summed E-state index contributed by atoms with van der Waals surface area (Å²) in [6.07, 6.45) is 5.51. The third-order valence-corrected chi connectivity index (χ3v) is 13.6. The van der Waals surface area contributed by atoms with E-state index in [2.05, 4.69) is 72.4 Å². The van der Waals surface area contributed by atoms with Gasteiger partial charge in [0.2, 0.25) is 35.7 Å². The van der Waals surface area contributed by atoms with Crippen molar-refractivity contribution in [3.05, 3.63) is 107 Å². The van der Waals surface area contributed by atoms with E-state index in [0.29, 0.717) is 48.7 Å². The van der Waals surface area contributed by atoms with Gasteiger partial charge in [-0.3, -0.25) is 9.59 Å². The molecule has 30 heteroatoms. The van der Waals surface area contributed by atoms with Crippen LogP contribution in [0, 0.1) is 0 Å². The van der Waals surface area contributed by atoms with Crippen LogP contribution in [-0.4, -0.2) is 196 Å². The molecule has 6 aromatic rings. The zero-order chi connectivity index (χ0) is 59.4. The molecule has 84 heavy (non-hydrogen) atoms. The van der Waals surface area contributed by atoms with Crippen molar-refractivity contribution in [1.82, 2.24) is 60.1 Å². The van der Waals surface area contributed by atoms with Gasteiger partial charge in [-0.25, -0.2) is 16.8 Å². The molecule has 0 saturated heterocycles. The fourth-order valence-electron chi connectivity index (χ4n) is 7.76. The Labute approximate surface area is 536 Å². The average molecular weight is 1210 g/mol. The summed E-state index contributed by atoms with van der Waals surface area (Å²) in [5.41, 5.74) is 2.02. The summed E-state index contributed by atoms with van der Waals surface area (Å²) in [6.45, 7) is 5.29. The summed E-state index contributed by atoms with van der Waals surface area (Å²) in [7, 11) is 5.32. The van der Waals surface area contributed by atoms with Crippen molar-refractivity contribution in [3.8, 4) is 0 Å². The predicted molar refractivity (Wildman–Crippen MR) is 318 cm³/mol. The third kappa shape index (κ3) is 24.2. The molecule has 0 aliphatic heterocycles. The van der Waals surface area contributed by atoms with E-state index in [1.54, 1.807) is 48.5 Å². The topological polar surface area (TPSA) is 335 Å². The molecule has 2 amide bonds. The number of amides is 2. The maximum absolute atomic E-state index is 12.8. The van der Waals surface area contributed by atoms with E-state index in [4.69, 9.17) is 0 Å². The molecule has 0 spiro atoms. The number of carbonyl (C=O) groups is 2. The number of hydrogen-bond acceptors (Lipinski definition) is 24. The van der Waals surface area contributed by atoms with Crippen molar-refractivity contribution in [2.75, 3.05) is 141 Å². The Morgan fingerprint density at radius 3 is 0.988 bits per heavy atom. The number of rotatable bonds is 32. The van der Waals surface area contributed by atoms with E-state index < -0.39 is 30.0 Å². The quantitative estimate of drug-likeness (QED) is 0.0110. The van der Waals surface area contributed by atoms with Crippen LogP contribution >= 0.6 is 0 Å². The van der Waals surface area contributed by atoms with Crippen LogP contribution in [0.25, 0.3) is 12.2 Å². The molecular weight excluding hydrogens is 1140 g/mol. The summed E-state index contributed by atoms with van der Waals surface area (Å²) < 4.78 is 76.9. The first-order valence-electron chi connectivity index (χ1n) is 26.3. The molecule has 0 saturated carbocycles. The first kappa shape index (κ1) is 70.5. The zero-order valence-corrected chi connectivity index (χ0v) is 54.9. The Balaban J connectivity index is 0.00000757. The monoisotopic (exact) mass is 1210 g/mol. The Kier molecular flexibility index (Phi) is 28.8. The van der Waals surface area contributed by atoms with E-state index in [0.717, 1.165) is 64.0 Å². The minimum absolute atomic E-state index is 0. The number of anilines is 10. The molecule has 0 aliphatic rings. The summed E-state index contributed by atoms with van der Waals surface area (Å²) >= 11 is 0. The SMILES string of the molecule is CN(C)CCCNC(=O)c1ccc(Nc2nc(NCCCN(C)C)nc(Nc3ccc(/C=C/c4ccc(Nc5nc(NCCCN(C)C)nc(Nc6ccc(C(=O)NCCCN(C)C)cc6)n5)cc4S(=O)(=O)[O-])c(S(=O)(=O)[O-])c3)n2)cc1.[Na+].[Na+]. The number of nitrogens with zero attached hydrogens (tertiary/aromatic N) is 10. The first-order valence-corrected chi connectivity index (χ1v) is 29.1. The third-order valence-electron chi connectivity index (χ3n) is 11.9. The van der Waals surface area contributed by atoms with E-state index >= 15 is 0 Å². The molecule has 440 valence electrons. The fraction of sp³-hybridized carbons (Fsp3) is 0.370. The van der Waals surface area contributed by atoms with Crippen molar-refractivity contribution in [2.45, 2.75) is 35.5 Å². The van der Waals surface area contributed by atoms with Gasteiger partial charge in [0.1, 0.15) is 20.2 Å². The molecule has 0 fully saturated rings. The molecule has 2 aromatic heterocycles. The predicted octanol–water partition coefficient (Wildman–Crippen LogP) is -0.892. The molecule has 0 atom stereocenters. The smallest absolute Gasteiger partial charge is 0.744 e. The molecule has 6 rings (SSSR count). The van der Waals surface area contributed by atoms with Crippen molar-refractivity contribution >= 4 is 103 Å². The van der Waals surface area contributed by atoms with Crippen LogP contribution in [-0.2, 0) is 20.2 Å². The molecule has 2 heterocycles. The van der Waals surface area contributed by atoms with Gasteiger partial charge in [-0.05, 0) is 192 Å². The molecule has 8 N–H and O–H groups in total. The van der Waals surface area contributed by atoms with E-state index in [1.807, 2.05) is 76.0 Å². The number of aromatic nitrogens is 6. The van der Waals surface area contributed by atoms with Crippen molar-refractivity contribution in [3.63, 3.8) is 0 Å². The summed E-state index contributed by atoms with van der Waals surface area (Å²) in [4.78, 5) is 59.2. The summed E-state index contributed by atoms with van der Waals surface area (Å²) in [6, 6.07) is 21.2. The van der Waals surface area contributed by atoms with Gasteiger partial charge in [0.15, 0.2) is 0 Å². The maximum atomic E-state index is 12.8. The summed E-state index contributed by atoms with van der Waals surface area (Å²) in [5.74, 6) is 0.111. The Morgan fingerprint density at radius 1 is 0.417 bits per heavy atom. The zero-order valence-electron chi connectivity index (χ0n) is 49.3. The van der Waals surface area contributed by atoms with Crippen LogP contribution < -0.4 is 102 Å². The second kappa shape index (κ2) is 34.3. The van der Waals surface area contributed by atoms with Crippen LogP contribution in [0.15, 0.2) is 94.7 Å². The van der Waals surface area contributed by atoms with Crippen molar-refractivity contribution in [2.24, 2.45) is 0 Å². The number of hydrogen-bond donors (Lipinski definition) is 8. The summed E-state index contributed by atoms with van der Waals surface area (Å²) in [5, 5.41) is 24.3. The van der Waals surface area contributed by atoms with Crippen LogP contribution in [0.4, 0.5) is 58.4 Å². The molecule has 0 aliphatic carbocycles. The van der Waals surface area contributed by atoms with Crippen molar-refractivity contribution < 1.29 is 94.6 Å². The Morgan fingerprint density at radius 2 is 0.690 bits per heavy atom. The molecule has 0 unspecified atom stereocenters. The Hall–Kier alpha value is -5.96. The molecule has 0 radical (unpaired) electrons. The van der Waals surface area contributed by atoms with Crippen molar-refractivity contribution in [1.29, 1.82) is 0 Å². The molecule has 0 bridgehead atoms. The van der Waals surface area contributed by atoms with Crippen LogP contribution in [0.3, 0.4) is 0 Å². The first-order chi connectivity index (χ1) is 39.0. The van der Waals surface area contributed by atoms with Gasteiger partial charge >= 0.3 is 59.1 Å². The van der Waals surface area contributed by atoms with Crippen LogP contribution in [0.5, 0.6) is 0 Å². The number of benzene rings is 4. The van der Waals surface area contributed by atoms with E-state index in [9.17, 15) is 35.5 Å². The van der Waals surface area contributed by atoms with Gasteiger partial charge in [-0.2, -0.15) is 29.9 Å². The van der Waals surface area contributed by atoms with Crippen LogP contribution in [0.2, 0.25) is 0 Å². The van der Waals surface area contributed by atoms with Gasteiger partial charge in [0.25, 0.3) is 11.8 Å². The van der Waals surface area contributed by atoms with Gasteiger partial charge in [0, 0.05) is 60.1 Å². The normalized spacial score (nSPS) is 11.5. The Bertz CT molecular complexity index is 3140. The van der Waals surface area contributed by atoms with Gasteiger partial charge in [-0.1, -0.05) is 24.3 Å². The fourth-order valence-corrected chi connectivity index (χ4v) is 9.15. The van der Waals surface area contributed by atoms with Gasteiger partial charge in [0.05, 0.1) is 9.79 Å². The second-order valence-electron chi connectivity index (χ2n) is 20.0. The van der Waals surface area contributed by atoms with Crippen LogP contribution in [0.1, 0.15) is 57.5 Å². The molecule has 4 aromatic carbocycles. The number of carbonyl (C=O) groups excluding carboxylic acids is 2. The number of nitrogens with one attached hydrogen (secondary N) is 8.